The van der Waals surface area contributed by atoms with Crippen molar-refractivity contribution < 1.29 is 0 Å². The van der Waals surface area contributed by atoms with Gasteiger partial charge >= 0.3 is 0 Å². The van der Waals surface area contributed by atoms with Gasteiger partial charge in [-0.2, -0.15) is 5.26 Å². The summed E-state index contributed by atoms with van der Waals surface area (Å²) in [4.78, 5) is 8.95. The fraction of sp³-hybridized carbons (Fsp3) is 0.250. The number of nitrogens with zero attached hydrogens (tertiary/aromatic N) is 2. The average molecular weight is 281 g/mol. The van der Waals surface area contributed by atoms with Crippen molar-refractivity contribution in [3.8, 4) is 6.07 Å². The van der Waals surface area contributed by atoms with Crippen LogP contribution in [0.4, 0.5) is 0 Å². The third-order valence-electron chi connectivity index (χ3n) is 3.53. The minimum absolute atomic E-state index is 0.0509. The molecule has 1 aromatic heterocycles. The van der Waals surface area contributed by atoms with Crippen LogP contribution < -0.4 is 0 Å². The van der Waals surface area contributed by atoms with E-state index in [1.807, 2.05) is 24.4 Å². The first-order chi connectivity index (χ1) is 9.86. The molecular formula is C16H15N3S. The Kier molecular flexibility index (Phi) is 3.89. The second-order valence-corrected chi connectivity index (χ2v) is 5.91. The normalized spacial score (nSPS) is 21.6. The van der Waals surface area contributed by atoms with Crippen LogP contribution in [-0.4, -0.2) is 9.97 Å². The molecule has 1 aromatic carbocycles. The van der Waals surface area contributed by atoms with Crippen molar-refractivity contribution >= 4 is 11.8 Å². The predicted molar refractivity (Wildman–Crippen MR) is 79.4 cm³/mol. The topological polar surface area (TPSA) is 52.5 Å². The van der Waals surface area contributed by atoms with Gasteiger partial charge < -0.3 is 4.98 Å². The number of nitrogens with one attached hydrogen (secondary N) is 1. The molecule has 1 heterocycles. The molecule has 0 bridgehead atoms. The third-order valence-corrected chi connectivity index (χ3v) is 4.44. The average Bonchev–Trinajstić information content (AvgIpc) is 2.96. The van der Waals surface area contributed by atoms with E-state index >= 15 is 0 Å². The Balaban J connectivity index is 1.77. The summed E-state index contributed by atoms with van der Waals surface area (Å²) in [5.74, 6) is 0.289. The zero-order valence-corrected chi connectivity index (χ0v) is 11.8. The molecule has 0 aliphatic heterocycles. The van der Waals surface area contributed by atoms with Crippen LogP contribution in [0.2, 0.25) is 0 Å². The highest BCUT2D eigenvalue weighted by Crippen LogP contribution is 2.34. The van der Waals surface area contributed by atoms with Gasteiger partial charge in [0.15, 0.2) is 5.16 Å². The summed E-state index contributed by atoms with van der Waals surface area (Å²) in [6, 6.07) is 12.6. The van der Waals surface area contributed by atoms with Gasteiger partial charge in [-0.3, -0.25) is 0 Å². The van der Waals surface area contributed by atoms with Gasteiger partial charge in [0.1, 0.15) is 0 Å². The van der Waals surface area contributed by atoms with Crippen LogP contribution in [-0.2, 0) is 0 Å². The maximum Gasteiger partial charge on any atom is 0.170 e. The van der Waals surface area contributed by atoms with E-state index in [2.05, 4.69) is 40.3 Å². The monoisotopic (exact) mass is 281 g/mol. The first-order valence-electron chi connectivity index (χ1n) is 6.69. The Labute approximate surface area is 122 Å². The summed E-state index contributed by atoms with van der Waals surface area (Å²) in [6.07, 6.45) is 7.88. The second kappa shape index (κ2) is 5.98. The van der Waals surface area contributed by atoms with E-state index in [0.29, 0.717) is 0 Å². The van der Waals surface area contributed by atoms with Crippen molar-refractivity contribution in [1.29, 1.82) is 5.26 Å². The zero-order chi connectivity index (χ0) is 13.8. The molecule has 3 nitrogen and oxygen atoms in total. The van der Waals surface area contributed by atoms with Crippen molar-refractivity contribution in [3.63, 3.8) is 0 Å². The van der Waals surface area contributed by atoms with Crippen molar-refractivity contribution in [3.05, 3.63) is 54.4 Å². The van der Waals surface area contributed by atoms with Crippen LogP contribution in [0.25, 0.3) is 0 Å². The molecule has 1 N–H and O–H groups in total. The predicted octanol–water partition coefficient (Wildman–Crippen LogP) is 4.13. The molecule has 4 heteroatoms. The molecule has 1 aliphatic carbocycles. The molecule has 0 saturated heterocycles. The van der Waals surface area contributed by atoms with Gasteiger partial charge in [0, 0.05) is 22.7 Å². The van der Waals surface area contributed by atoms with Crippen LogP contribution in [0.3, 0.4) is 0 Å². The first-order valence-corrected chi connectivity index (χ1v) is 7.51. The first kappa shape index (κ1) is 13.0. The molecule has 2 atom stereocenters. The summed E-state index contributed by atoms with van der Waals surface area (Å²) < 4.78 is 0. The van der Waals surface area contributed by atoms with E-state index in [0.717, 1.165) is 28.6 Å². The maximum absolute atomic E-state index is 9.24. The Hall–Kier alpha value is -1.99. The summed E-state index contributed by atoms with van der Waals surface area (Å²) in [5.41, 5.74) is 1.07. The standard InChI is InChI=1S/C16H15N3S/c17-10-12-6-4-5-9-14(12)15-11-18-16(19-15)20-13-7-2-1-3-8-13/h1-5,7-8,11-12,14H,6,9H2,(H,18,19)/t12-,14+/m1/s1. The van der Waals surface area contributed by atoms with Gasteiger partial charge in [0.2, 0.25) is 0 Å². The lowest BCUT2D eigenvalue weighted by Gasteiger charge is -2.21. The second-order valence-electron chi connectivity index (χ2n) is 4.84. The number of aromatic nitrogens is 2. The van der Waals surface area contributed by atoms with Crippen molar-refractivity contribution in [2.24, 2.45) is 5.92 Å². The van der Waals surface area contributed by atoms with Crippen molar-refractivity contribution in [2.45, 2.75) is 28.8 Å². The van der Waals surface area contributed by atoms with E-state index < -0.39 is 0 Å². The highest BCUT2D eigenvalue weighted by Gasteiger charge is 2.25. The van der Waals surface area contributed by atoms with Crippen LogP contribution >= 0.6 is 11.8 Å². The fourth-order valence-corrected chi connectivity index (χ4v) is 3.25. The molecule has 3 rings (SSSR count). The van der Waals surface area contributed by atoms with Gasteiger partial charge in [-0.05, 0) is 25.0 Å². The zero-order valence-electron chi connectivity index (χ0n) is 11.0. The maximum atomic E-state index is 9.24. The van der Waals surface area contributed by atoms with E-state index in [1.165, 1.54) is 0 Å². The number of allylic oxidation sites excluding steroid dienone is 2. The lowest BCUT2D eigenvalue weighted by molar-refractivity contribution is 0.496. The minimum atomic E-state index is 0.0509. The fourth-order valence-electron chi connectivity index (χ4n) is 2.46. The molecule has 100 valence electrons. The van der Waals surface area contributed by atoms with E-state index in [-0.39, 0.29) is 11.8 Å². The number of rotatable bonds is 3. The highest BCUT2D eigenvalue weighted by atomic mass is 32.2. The molecule has 0 saturated carbocycles. The van der Waals surface area contributed by atoms with Crippen molar-refractivity contribution in [2.75, 3.05) is 0 Å². The lowest BCUT2D eigenvalue weighted by Crippen LogP contribution is -2.13. The van der Waals surface area contributed by atoms with Gasteiger partial charge in [-0.1, -0.05) is 42.1 Å². The quantitative estimate of drug-likeness (QED) is 0.860. The molecule has 0 unspecified atom stereocenters. The van der Waals surface area contributed by atoms with Crippen LogP contribution in [0, 0.1) is 17.2 Å². The SMILES string of the molecule is N#C[C@H]1CC=CC[C@@H]1c1cnc(Sc2ccccc2)[nH]1. The van der Waals surface area contributed by atoms with Gasteiger partial charge in [0.25, 0.3) is 0 Å². The number of imidazole rings is 1. The smallest absolute Gasteiger partial charge is 0.170 e. The Morgan fingerprint density at radius 3 is 2.80 bits per heavy atom. The number of aromatic amines is 1. The lowest BCUT2D eigenvalue weighted by atomic mass is 9.82. The summed E-state index contributed by atoms with van der Waals surface area (Å²) >= 11 is 1.61. The van der Waals surface area contributed by atoms with Crippen molar-refractivity contribution in [1.82, 2.24) is 9.97 Å². The number of hydrogen-bond acceptors (Lipinski definition) is 3. The van der Waals surface area contributed by atoms with E-state index in [9.17, 15) is 5.26 Å². The van der Waals surface area contributed by atoms with Crippen LogP contribution in [0.5, 0.6) is 0 Å². The number of H-pyrrole nitrogens is 1. The van der Waals surface area contributed by atoms with Crippen LogP contribution in [0.1, 0.15) is 24.5 Å². The van der Waals surface area contributed by atoms with Gasteiger partial charge in [0.05, 0.1) is 12.0 Å². The molecular weight excluding hydrogens is 266 g/mol. The van der Waals surface area contributed by atoms with E-state index in [1.54, 1.807) is 11.8 Å². The van der Waals surface area contributed by atoms with E-state index in [4.69, 9.17) is 0 Å². The number of nitriles is 1. The highest BCUT2D eigenvalue weighted by molar-refractivity contribution is 7.99. The number of hydrogen-bond donors (Lipinski definition) is 1. The van der Waals surface area contributed by atoms with Crippen LogP contribution in [0.15, 0.2) is 58.7 Å². The summed E-state index contributed by atoms with van der Waals surface area (Å²) in [6.45, 7) is 0. The third kappa shape index (κ3) is 2.78. The minimum Gasteiger partial charge on any atom is -0.336 e. The number of benzene rings is 1. The summed E-state index contributed by atoms with van der Waals surface area (Å²) in [7, 11) is 0. The van der Waals surface area contributed by atoms with Gasteiger partial charge in [-0.15, -0.1) is 0 Å². The molecule has 0 radical (unpaired) electrons. The molecule has 0 fully saturated rings. The summed E-state index contributed by atoms with van der Waals surface area (Å²) in [5, 5.41) is 10.1. The Morgan fingerprint density at radius 2 is 2.00 bits per heavy atom. The Morgan fingerprint density at radius 1 is 1.20 bits per heavy atom. The molecule has 0 spiro atoms. The molecule has 2 aromatic rings. The largest absolute Gasteiger partial charge is 0.336 e. The molecule has 20 heavy (non-hydrogen) atoms. The molecule has 0 amide bonds. The van der Waals surface area contributed by atoms with Gasteiger partial charge in [-0.25, -0.2) is 4.98 Å². The Bertz CT molecular complexity index is 639. The molecule has 1 aliphatic rings.